The maximum atomic E-state index is 15.3. The predicted octanol–water partition coefficient (Wildman–Crippen LogP) is 6.40. The molecule has 0 atom stereocenters. The van der Waals surface area contributed by atoms with Crippen LogP contribution >= 0.6 is 0 Å². The Kier molecular flexibility index (Phi) is 6.25. The van der Waals surface area contributed by atoms with Crippen molar-refractivity contribution in [3.8, 4) is 0 Å². The van der Waals surface area contributed by atoms with E-state index in [0.29, 0.717) is 13.0 Å². The van der Waals surface area contributed by atoms with Gasteiger partial charge in [-0.05, 0) is 73.8 Å². The van der Waals surface area contributed by atoms with E-state index in [1.807, 2.05) is 0 Å². The van der Waals surface area contributed by atoms with E-state index in [1.54, 1.807) is 6.07 Å². The molecule has 35 heavy (non-hydrogen) atoms. The maximum Gasteiger partial charge on any atom is 0.235 e. The van der Waals surface area contributed by atoms with Crippen LogP contribution in [-0.4, -0.2) is 22.2 Å². The van der Waals surface area contributed by atoms with Crippen molar-refractivity contribution in [3.05, 3.63) is 64.6 Å². The van der Waals surface area contributed by atoms with Gasteiger partial charge in [0.1, 0.15) is 5.82 Å². The third-order valence-corrected chi connectivity index (χ3v) is 7.88. The van der Waals surface area contributed by atoms with E-state index < -0.39 is 11.2 Å². The summed E-state index contributed by atoms with van der Waals surface area (Å²) in [5.41, 5.74) is 5.32. The number of hydrogen-bond donors (Lipinski definition) is 2. The molecule has 1 saturated carbocycles. The molecule has 2 aliphatic carbocycles. The van der Waals surface area contributed by atoms with Crippen molar-refractivity contribution in [1.29, 1.82) is 0 Å². The van der Waals surface area contributed by atoms with Gasteiger partial charge < -0.3 is 15.0 Å². The second-order valence-electron chi connectivity index (χ2n) is 11.5. The fraction of sp³-hybridized carbons (Fsp3) is 0.500. The summed E-state index contributed by atoms with van der Waals surface area (Å²) < 4.78 is 17.4. The first-order valence-corrected chi connectivity index (χ1v) is 13.1. The van der Waals surface area contributed by atoms with Crippen LogP contribution in [-0.2, 0) is 35.0 Å². The zero-order chi connectivity index (χ0) is 24.8. The minimum Gasteiger partial charge on any atom is -0.396 e. The number of rotatable bonds is 6. The zero-order valence-electron chi connectivity index (χ0n) is 21.2. The van der Waals surface area contributed by atoms with Crippen LogP contribution in [0, 0.1) is 5.82 Å². The third kappa shape index (κ3) is 4.51. The lowest BCUT2D eigenvalue weighted by Crippen LogP contribution is -2.28. The van der Waals surface area contributed by atoms with Crippen LogP contribution < -0.4 is 5.32 Å². The molecule has 1 heterocycles. The Hall–Kier alpha value is -2.66. The van der Waals surface area contributed by atoms with Crippen molar-refractivity contribution in [2.75, 3.05) is 11.9 Å². The van der Waals surface area contributed by atoms with Crippen LogP contribution in [0.3, 0.4) is 0 Å². The van der Waals surface area contributed by atoms with Crippen LogP contribution in [0.5, 0.6) is 0 Å². The van der Waals surface area contributed by atoms with Crippen LogP contribution in [0.15, 0.2) is 36.4 Å². The second kappa shape index (κ2) is 9.09. The number of fused-ring (bicyclic) bond motifs is 2. The SMILES string of the molecule is CC(C)(C)c1cc2cc(NC(=O)C3(c4ccc5c(c4)CCCCC5)CC3)c(F)cc2n1CCCO. The Labute approximate surface area is 207 Å². The van der Waals surface area contributed by atoms with Gasteiger partial charge in [-0.1, -0.05) is 45.4 Å². The summed E-state index contributed by atoms with van der Waals surface area (Å²) in [6, 6.07) is 11.9. The van der Waals surface area contributed by atoms with Gasteiger partial charge in [0.2, 0.25) is 5.91 Å². The number of carbonyl (C=O) groups is 1. The number of nitrogens with one attached hydrogen (secondary N) is 1. The van der Waals surface area contributed by atoms with E-state index in [4.69, 9.17) is 0 Å². The molecule has 1 aromatic heterocycles. The highest BCUT2D eigenvalue weighted by molar-refractivity contribution is 6.02. The van der Waals surface area contributed by atoms with Gasteiger partial charge in [0.15, 0.2) is 0 Å². The van der Waals surface area contributed by atoms with Gasteiger partial charge in [-0.2, -0.15) is 0 Å². The Morgan fingerprint density at radius 2 is 1.80 bits per heavy atom. The Bertz CT molecular complexity index is 1260. The molecule has 0 saturated heterocycles. The number of nitrogens with zero attached hydrogens (tertiary/aromatic N) is 1. The van der Waals surface area contributed by atoms with E-state index in [2.05, 4.69) is 54.9 Å². The number of halogens is 1. The van der Waals surface area contributed by atoms with Crippen LogP contribution in [0.4, 0.5) is 10.1 Å². The molecular weight excluding hydrogens is 439 g/mol. The lowest BCUT2D eigenvalue weighted by molar-refractivity contribution is -0.118. The molecule has 0 spiro atoms. The summed E-state index contributed by atoms with van der Waals surface area (Å²) in [6.07, 6.45) is 8.10. The molecule has 5 heteroatoms. The van der Waals surface area contributed by atoms with E-state index in [9.17, 15) is 9.90 Å². The zero-order valence-corrected chi connectivity index (χ0v) is 21.2. The van der Waals surface area contributed by atoms with Crippen molar-refractivity contribution in [3.63, 3.8) is 0 Å². The molecule has 5 rings (SSSR count). The van der Waals surface area contributed by atoms with Gasteiger partial charge in [-0.15, -0.1) is 0 Å². The van der Waals surface area contributed by atoms with E-state index >= 15 is 4.39 Å². The number of aromatic nitrogens is 1. The first-order chi connectivity index (χ1) is 16.7. The average molecular weight is 477 g/mol. The van der Waals surface area contributed by atoms with Gasteiger partial charge in [0, 0.05) is 35.7 Å². The number of aryl methyl sites for hydroxylation is 3. The quantitative estimate of drug-likeness (QED) is 0.405. The molecule has 3 aromatic rings. The number of aliphatic hydroxyl groups is 1. The van der Waals surface area contributed by atoms with Gasteiger partial charge in [-0.3, -0.25) is 4.79 Å². The number of anilines is 1. The molecular formula is C30H37FN2O2. The molecule has 0 unspecified atom stereocenters. The average Bonchev–Trinajstić information content (AvgIpc) is 3.59. The van der Waals surface area contributed by atoms with Crippen molar-refractivity contribution in [2.24, 2.45) is 0 Å². The number of carbonyl (C=O) groups excluding carboxylic acids is 1. The minimum absolute atomic E-state index is 0.0880. The topological polar surface area (TPSA) is 54.3 Å². The normalized spacial score (nSPS) is 17.2. The smallest absolute Gasteiger partial charge is 0.235 e. The standard InChI is InChI=1S/C30H37FN2O2/c1-29(2,3)27-18-22-17-25(24(31)19-26(22)33(27)14-7-15-34)32-28(35)30(12-13-30)23-11-10-20-8-5-4-6-9-21(20)16-23/h10-11,16-19,34H,4-9,12-15H2,1-3H3,(H,32,35). The molecule has 0 radical (unpaired) electrons. The number of hydrogen-bond acceptors (Lipinski definition) is 2. The second-order valence-corrected chi connectivity index (χ2v) is 11.5. The van der Waals surface area contributed by atoms with Gasteiger partial charge in [-0.25, -0.2) is 4.39 Å². The van der Waals surface area contributed by atoms with Crippen LogP contribution in [0.2, 0.25) is 0 Å². The fourth-order valence-electron chi connectivity index (χ4n) is 5.69. The summed E-state index contributed by atoms with van der Waals surface area (Å²) in [7, 11) is 0. The van der Waals surface area contributed by atoms with Crippen LogP contribution in [0.25, 0.3) is 10.9 Å². The van der Waals surface area contributed by atoms with Gasteiger partial charge in [0.25, 0.3) is 0 Å². The number of benzene rings is 2. The Morgan fingerprint density at radius 3 is 2.49 bits per heavy atom. The first kappa shape index (κ1) is 24.1. The van der Waals surface area contributed by atoms with Crippen LogP contribution in [0.1, 0.15) is 81.7 Å². The van der Waals surface area contributed by atoms with Gasteiger partial charge in [0.05, 0.1) is 16.6 Å². The molecule has 2 aromatic carbocycles. The van der Waals surface area contributed by atoms with Crippen molar-refractivity contribution in [2.45, 2.75) is 89.5 Å². The van der Waals surface area contributed by atoms with Crippen molar-refractivity contribution >= 4 is 22.5 Å². The van der Waals surface area contributed by atoms with E-state index in [-0.39, 0.29) is 23.6 Å². The summed E-state index contributed by atoms with van der Waals surface area (Å²) >= 11 is 0. The highest BCUT2D eigenvalue weighted by Crippen LogP contribution is 2.50. The minimum atomic E-state index is -0.549. The maximum absolute atomic E-state index is 15.3. The predicted molar refractivity (Wildman–Crippen MR) is 140 cm³/mol. The molecule has 4 nitrogen and oxygen atoms in total. The molecule has 1 fully saturated rings. The van der Waals surface area contributed by atoms with E-state index in [1.165, 1.54) is 36.5 Å². The lowest BCUT2D eigenvalue weighted by atomic mass is 9.90. The van der Waals surface area contributed by atoms with E-state index in [0.717, 1.165) is 47.8 Å². The summed E-state index contributed by atoms with van der Waals surface area (Å²) in [5, 5.41) is 13.2. The summed E-state index contributed by atoms with van der Waals surface area (Å²) in [6.45, 7) is 7.11. The highest BCUT2D eigenvalue weighted by Gasteiger charge is 2.51. The Morgan fingerprint density at radius 1 is 1.06 bits per heavy atom. The largest absolute Gasteiger partial charge is 0.396 e. The first-order valence-electron chi connectivity index (χ1n) is 13.1. The molecule has 1 amide bonds. The van der Waals surface area contributed by atoms with Crippen molar-refractivity contribution < 1.29 is 14.3 Å². The van der Waals surface area contributed by atoms with Crippen molar-refractivity contribution in [1.82, 2.24) is 4.57 Å². The summed E-state index contributed by atoms with van der Waals surface area (Å²) in [5.74, 6) is -0.535. The highest BCUT2D eigenvalue weighted by atomic mass is 19.1. The molecule has 2 aliphatic rings. The molecule has 186 valence electrons. The molecule has 2 N–H and O–H groups in total. The monoisotopic (exact) mass is 476 g/mol. The fourth-order valence-corrected chi connectivity index (χ4v) is 5.69. The Balaban J connectivity index is 1.45. The molecule has 0 aliphatic heterocycles. The van der Waals surface area contributed by atoms with Gasteiger partial charge >= 0.3 is 0 Å². The molecule has 0 bridgehead atoms. The number of amides is 1. The lowest BCUT2D eigenvalue weighted by Gasteiger charge is -2.22. The number of aliphatic hydroxyl groups excluding tert-OH is 1. The summed E-state index contributed by atoms with van der Waals surface area (Å²) in [4.78, 5) is 13.5. The third-order valence-electron chi connectivity index (χ3n) is 7.88.